The summed E-state index contributed by atoms with van der Waals surface area (Å²) in [7, 11) is 0. The van der Waals surface area contributed by atoms with Gasteiger partial charge in [-0.25, -0.2) is 0 Å². The van der Waals surface area contributed by atoms with Crippen molar-refractivity contribution in [3.8, 4) is 0 Å². The summed E-state index contributed by atoms with van der Waals surface area (Å²) < 4.78 is 5.97. The van der Waals surface area contributed by atoms with Gasteiger partial charge in [-0.3, -0.25) is 0 Å². The van der Waals surface area contributed by atoms with Crippen molar-refractivity contribution in [3.63, 3.8) is 0 Å². The van der Waals surface area contributed by atoms with Crippen LogP contribution >= 0.6 is 11.3 Å². The van der Waals surface area contributed by atoms with Crippen molar-refractivity contribution >= 4 is 11.3 Å². The molecule has 1 aromatic rings. The van der Waals surface area contributed by atoms with Crippen molar-refractivity contribution in [1.82, 2.24) is 5.32 Å². The standard InChI is InChI=1S/C14H23NOS/c1-11(9-13-5-4-8-17-13)15-10-12-6-7-14(2,3)16-12/h4-5,8,11-12,15H,6-7,9-10H2,1-3H3. The second kappa shape index (κ2) is 5.51. The number of thiophene rings is 1. The summed E-state index contributed by atoms with van der Waals surface area (Å²) in [5.41, 5.74) is 0.0866. The zero-order valence-corrected chi connectivity index (χ0v) is 11.8. The molecule has 1 aliphatic rings. The average Bonchev–Trinajstić information content (AvgIpc) is 2.85. The van der Waals surface area contributed by atoms with Gasteiger partial charge in [-0.2, -0.15) is 0 Å². The average molecular weight is 253 g/mol. The first kappa shape index (κ1) is 13.1. The minimum absolute atomic E-state index is 0.0866. The molecule has 2 nitrogen and oxygen atoms in total. The maximum absolute atomic E-state index is 5.97. The Labute approximate surface area is 108 Å². The summed E-state index contributed by atoms with van der Waals surface area (Å²) in [5, 5.41) is 5.73. The van der Waals surface area contributed by atoms with E-state index in [0.29, 0.717) is 12.1 Å². The summed E-state index contributed by atoms with van der Waals surface area (Å²) in [6, 6.07) is 4.86. The maximum Gasteiger partial charge on any atom is 0.0707 e. The molecule has 3 heteroatoms. The molecular formula is C14H23NOS. The smallest absolute Gasteiger partial charge is 0.0707 e. The van der Waals surface area contributed by atoms with Crippen molar-refractivity contribution in [2.24, 2.45) is 0 Å². The van der Waals surface area contributed by atoms with E-state index in [0.717, 1.165) is 13.0 Å². The highest BCUT2D eigenvalue weighted by molar-refractivity contribution is 7.09. The SMILES string of the molecule is CC(Cc1cccs1)NCC1CCC(C)(C)O1. The first-order chi connectivity index (χ1) is 8.05. The van der Waals surface area contributed by atoms with Crippen molar-refractivity contribution in [2.75, 3.05) is 6.54 Å². The van der Waals surface area contributed by atoms with E-state index >= 15 is 0 Å². The van der Waals surface area contributed by atoms with E-state index in [1.807, 2.05) is 11.3 Å². The monoisotopic (exact) mass is 253 g/mol. The van der Waals surface area contributed by atoms with E-state index in [9.17, 15) is 0 Å². The largest absolute Gasteiger partial charge is 0.371 e. The number of rotatable bonds is 5. The Morgan fingerprint density at radius 1 is 1.59 bits per heavy atom. The minimum atomic E-state index is 0.0866. The molecule has 0 saturated carbocycles. The fraction of sp³-hybridized carbons (Fsp3) is 0.714. The van der Waals surface area contributed by atoms with Crippen LogP contribution in [0.5, 0.6) is 0 Å². The van der Waals surface area contributed by atoms with Crippen LogP contribution in [0.2, 0.25) is 0 Å². The van der Waals surface area contributed by atoms with Crippen LogP contribution in [0.1, 0.15) is 38.5 Å². The first-order valence-electron chi connectivity index (χ1n) is 6.49. The van der Waals surface area contributed by atoms with Crippen LogP contribution in [-0.4, -0.2) is 24.3 Å². The molecule has 1 saturated heterocycles. The normalized spacial score (nSPS) is 25.0. The highest BCUT2D eigenvalue weighted by Gasteiger charge is 2.31. The summed E-state index contributed by atoms with van der Waals surface area (Å²) in [6.45, 7) is 7.60. The zero-order valence-electron chi connectivity index (χ0n) is 11.0. The van der Waals surface area contributed by atoms with E-state index in [-0.39, 0.29) is 5.60 Å². The van der Waals surface area contributed by atoms with Gasteiger partial charge in [0.05, 0.1) is 11.7 Å². The van der Waals surface area contributed by atoms with E-state index in [1.165, 1.54) is 17.7 Å². The van der Waals surface area contributed by atoms with E-state index < -0.39 is 0 Å². The highest BCUT2D eigenvalue weighted by Crippen LogP contribution is 2.28. The number of nitrogens with one attached hydrogen (secondary N) is 1. The van der Waals surface area contributed by atoms with Crippen LogP contribution in [0.4, 0.5) is 0 Å². The Morgan fingerprint density at radius 2 is 2.41 bits per heavy atom. The quantitative estimate of drug-likeness (QED) is 0.870. The van der Waals surface area contributed by atoms with Crippen molar-refractivity contribution in [1.29, 1.82) is 0 Å². The molecule has 0 spiro atoms. The molecule has 0 bridgehead atoms. The number of ether oxygens (including phenoxy) is 1. The summed E-state index contributed by atoms with van der Waals surface area (Å²) in [4.78, 5) is 1.46. The minimum Gasteiger partial charge on any atom is -0.371 e. The van der Waals surface area contributed by atoms with Crippen LogP contribution in [0.15, 0.2) is 17.5 Å². The fourth-order valence-corrected chi connectivity index (χ4v) is 3.19. The molecule has 2 rings (SSSR count). The fourth-order valence-electron chi connectivity index (χ4n) is 2.36. The van der Waals surface area contributed by atoms with Gasteiger partial charge in [-0.15, -0.1) is 11.3 Å². The summed E-state index contributed by atoms with van der Waals surface area (Å²) >= 11 is 1.84. The van der Waals surface area contributed by atoms with Crippen LogP contribution in [0.25, 0.3) is 0 Å². The van der Waals surface area contributed by atoms with E-state index in [1.54, 1.807) is 0 Å². The second-order valence-corrected chi connectivity index (χ2v) is 6.66. The topological polar surface area (TPSA) is 21.3 Å². The zero-order chi connectivity index (χ0) is 12.3. The first-order valence-corrected chi connectivity index (χ1v) is 7.37. The molecule has 2 unspecified atom stereocenters. The Kier molecular flexibility index (Phi) is 4.23. The molecule has 2 atom stereocenters. The summed E-state index contributed by atoms with van der Waals surface area (Å²) in [5.74, 6) is 0. The van der Waals surface area contributed by atoms with Crippen LogP contribution in [-0.2, 0) is 11.2 Å². The third kappa shape index (κ3) is 4.09. The van der Waals surface area contributed by atoms with Gasteiger partial charge in [0, 0.05) is 17.5 Å². The number of hydrogen-bond donors (Lipinski definition) is 1. The lowest BCUT2D eigenvalue weighted by molar-refractivity contribution is -0.0149. The van der Waals surface area contributed by atoms with Gasteiger partial charge in [0.25, 0.3) is 0 Å². The Morgan fingerprint density at radius 3 is 3.00 bits per heavy atom. The van der Waals surface area contributed by atoms with Crippen LogP contribution < -0.4 is 5.32 Å². The molecular weight excluding hydrogens is 230 g/mol. The van der Waals surface area contributed by atoms with Crippen molar-refractivity contribution in [3.05, 3.63) is 22.4 Å². The molecule has 0 radical (unpaired) electrons. The molecule has 1 aromatic heterocycles. The van der Waals surface area contributed by atoms with Crippen LogP contribution in [0, 0.1) is 0 Å². The second-order valence-electron chi connectivity index (χ2n) is 5.63. The van der Waals surface area contributed by atoms with Gasteiger partial charge >= 0.3 is 0 Å². The molecule has 1 N–H and O–H groups in total. The lowest BCUT2D eigenvalue weighted by atomic mass is 10.1. The number of hydrogen-bond acceptors (Lipinski definition) is 3. The Balaban J connectivity index is 1.68. The predicted octanol–water partition coefficient (Wildman–Crippen LogP) is 3.23. The van der Waals surface area contributed by atoms with Gasteiger partial charge in [0.2, 0.25) is 0 Å². The van der Waals surface area contributed by atoms with Crippen molar-refractivity contribution < 1.29 is 4.74 Å². The summed E-state index contributed by atoms with van der Waals surface area (Å²) in [6.07, 6.45) is 3.88. The van der Waals surface area contributed by atoms with E-state index in [2.05, 4.69) is 43.6 Å². The van der Waals surface area contributed by atoms with Gasteiger partial charge < -0.3 is 10.1 Å². The Hall–Kier alpha value is -0.380. The Bertz CT molecular complexity index is 334. The lowest BCUT2D eigenvalue weighted by Gasteiger charge is -2.21. The molecule has 0 amide bonds. The molecule has 0 aliphatic carbocycles. The third-order valence-electron chi connectivity index (χ3n) is 3.34. The van der Waals surface area contributed by atoms with Gasteiger partial charge in [0.1, 0.15) is 0 Å². The van der Waals surface area contributed by atoms with Gasteiger partial charge in [0.15, 0.2) is 0 Å². The molecule has 17 heavy (non-hydrogen) atoms. The van der Waals surface area contributed by atoms with E-state index in [4.69, 9.17) is 4.74 Å². The lowest BCUT2D eigenvalue weighted by Crippen LogP contribution is -2.35. The predicted molar refractivity (Wildman–Crippen MR) is 73.7 cm³/mol. The maximum atomic E-state index is 5.97. The highest BCUT2D eigenvalue weighted by atomic mass is 32.1. The molecule has 2 heterocycles. The van der Waals surface area contributed by atoms with Crippen molar-refractivity contribution in [2.45, 2.75) is 57.8 Å². The molecule has 1 fully saturated rings. The van der Waals surface area contributed by atoms with Crippen LogP contribution in [0.3, 0.4) is 0 Å². The molecule has 96 valence electrons. The molecule has 0 aromatic carbocycles. The molecule has 1 aliphatic heterocycles. The van der Waals surface area contributed by atoms with Gasteiger partial charge in [-0.1, -0.05) is 6.07 Å². The van der Waals surface area contributed by atoms with Gasteiger partial charge in [-0.05, 0) is 51.5 Å². The third-order valence-corrected chi connectivity index (χ3v) is 4.23.